The predicted octanol–water partition coefficient (Wildman–Crippen LogP) is 1.35. The molecule has 4 nitrogen and oxygen atoms in total. The second-order valence-electron chi connectivity index (χ2n) is 3.69. The minimum absolute atomic E-state index is 0.170. The van der Waals surface area contributed by atoms with Gasteiger partial charge in [-0.2, -0.15) is 0 Å². The lowest BCUT2D eigenvalue weighted by Crippen LogP contribution is -2.44. The number of carboxylic acids is 1. The van der Waals surface area contributed by atoms with Crippen molar-refractivity contribution in [2.24, 2.45) is 5.92 Å². The summed E-state index contributed by atoms with van der Waals surface area (Å²) in [4.78, 5) is 22.3. The van der Waals surface area contributed by atoms with Gasteiger partial charge < -0.3 is 10.4 Å². The van der Waals surface area contributed by atoms with Crippen LogP contribution in [0.2, 0.25) is 0 Å². The number of carbonyl (C=O) groups is 2. The Morgan fingerprint density at radius 1 is 1.33 bits per heavy atom. The lowest BCUT2D eigenvalue weighted by molar-refractivity contribution is -0.141. The zero-order valence-corrected chi connectivity index (χ0v) is 10.4. The first kappa shape index (κ1) is 14.3. The Bertz CT molecular complexity index is 231. The summed E-state index contributed by atoms with van der Waals surface area (Å²) in [6, 6.07) is -0.823. The Balaban J connectivity index is 4.32. The van der Waals surface area contributed by atoms with Crippen LogP contribution >= 0.6 is 11.8 Å². The molecule has 0 aromatic heterocycles. The van der Waals surface area contributed by atoms with E-state index >= 15 is 0 Å². The summed E-state index contributed by atoms with van der Waals surface area (Å²) in [6.45, 7) is 7.36. The van der Waals surface area contributed by atoms with Crippen LogP contribution in [0.1, 0.15) is 27.7 Å². The molecule has 88 valence electrons. The summed E-state index contributed by atoms with van der Waals surface area (Å²) in [5.41, 5.74) is 0. The van der Waals surface area contributed by atoms with Crippen LogP contribution in [0.3, 0.4) is 0 Å². The fourth-order valence-corrected chi connectivity index (χ4v) is 2.07. The van der Waals surface area contributed by atoms with E-state index in [-0.39, 0.29) is 17.1 Å². The van der Waals surface area contributed by atoms with Crippen LogP contribution in [0.25, 0.3) is 0 Å². The second kappa shape index (κ2) is 6.71. The minimum Gasteiger partial charge on any atom is -0.480 e. The molecule has 0 radical (unpaired) electrons. The first-order valence-electron chi connectivity index (χ1n) is 5.04. The van der Waals surface area contributed by atoms with Crippen molar-refractivity contribution in [2.75, 3.05) is 5.75 Å². The second-order valence-corrected chi connectivity index (χ2v) is 5.11. The van der Waals surface area contributed by atoms with Gasteiger partial charge in [0.1, 0.15) is 6.04 Å². The first-order valence-corrected chi connectivity index (χ1v) is 6.09. The molecule has 2 atom stereocenters. The molecule has 0 aliphatic heterocycles. The molecule has 0 heterocycles. The molecule has 0 saturated carbocycles. The number of hydrogen-bond donors (Lipinski definition) is 2. The highest BCUT2D eigenvalue weighted by Gasteiger charge is 2.24. The SMILES string of the molecule is CCSC(C(=O)NC(C)C(=O)O)C(C)C. The van der Waals surface area contributed by atoms with Crippen LogP contribution < -0.4 is 5.32 Å². The van der Waals surface area contributed by atoms with E-state index in [1.165, 1.54) is 6.92 Å². The Kier molecular flexibility index (Phi) is 6.40. The quantitative estimate of drug-likeness (QED) is 0.727. The maximum atomic E-state index is 11.7. The van der Waals surface area contributed by atoms with Gasteiger partial charge in [0.15, 0.2) is 0 Å². The van der Waals surface area contributed by atoms with Crippen molar-refractivity contribution in [1.82, 2.24) is 5.32 Å². The number of carbonyl (C=O) groups excluding carboxylic acids is 1. The monoisotopic (exact) mass is 233 g/mol. The van der Waals surface area contributed by atoms with Gasteiger partial charge >= 0.3 is 5.97 Å². The number of amides is 1. The molecule has 2 N–H and O–H groups in total. The smallest absolute Gasteiger partial charge is 0.325 e. The molecule has 0 fully saturated rings. The molecule has 0 spiro atoms. The Morgan fingerprint density at radius 2 is 1.87 bits per heavy atom. The predicted molar refractivity (Wildman–Crippen MR) is 62.0 cm³/mol. The highest BCUT2D eigenvalue weighted by molar-refractivity contribution is 8.00. The van der Waals surface area contributed by atoms with Gasteiger partial charge in [0.25, 0.3) is 0 Å². The van der Waals surface area contributed by atoms with Crippen LogP contribution in [0.4, 0.5) is 0 Å². The summed E-state index contributed by atoms with van der Waals surface area (Å²) in [6.07, 6.45) is 0. The molecule has 0 aliphatic rings. The molecule has 0 saturated heterocycles. The Labute approximate surface area is 94.8 Å². The zero-order chi connectivity index (χ0) is 12.0. The van der Waals surface area contributed by atoms with Crippen molar-refractivity contribution in [1.29, 1.82) is 0 Å². The molecule has 0 rings (SSSR count). The van der Waals surface area contributed by atoms with Gasteiger partial charge in [0, 0.05) is 0 Å². The molecular weight excluding hydrogens is 214 g/mol. The van der Waals surface area contributed by atoms with Crippen molar-refractivity contribution < 1.29 is 14.7 Å². The average Bonchev–Trinajstić information content (AvgIpc) is 2.12. The third kappa shape index (κ3) is 5.06. The number of nitrogens with one attached hydrogen (secondary N) is 1. The average molecular weight is 233 g/mol. The third-order valence-corrected chi connectivity index (χ3v) is 3.39. The molecule has 0 aliphatic carbocycles. The molecule has 15 heavy (non-hydrogen) atoms. The van der Waals surface area contributed by atoms with Gasteiger partial charge in [-0.3, -0.25) is 9.59 Å². The zero-order valence-electron chi connectivity index (χ0n) is 9.61. The number of rotatable bonds is 6. The van der Waals surface area contributed by atoms with Gasteiger partial charge in [-0.1, -0.05) is 20.8 Å². The van der Waals surface area contributed by atoms with E-state index in [1.807, 2.05) is 20.8 Å². The van der Waals surface area contributed by atoms with Crippen LogP contribution in [0.5, 0.6) is 0 Å². The number of aliphatic carboxylic acids is 1. The van der Waals surface area contributed by atoms with Crippen molar-refractivity contribution in [3.05, 3.63) is 0 Å². The summed E-state index contributed by atoms with van der Waals surface area (Å²) in [7, 11) is 0. The van der Waals surface area contributed by atoms with E-state index in [0.29, 0.717) is 0 Å². The van der Waals surface area contributed by atoms with Crippen molar-refractivity contribution in [3.8, 4) is 0 Å². The third-order valence-electron chi connectivity index (χ3n) is 1.94. The Hall–Kier alpha value is -0.710. The number of carboxylic acid groups (broad SMARTS) is 1. The van der Waals surface area contributed by atoms with Gasteiger partial charge in [0.2, 0.25) is 5.91 Å². The van der Waals surface area contributed by atoms with Crippen molar-refractivity contribution >= 4 is 23.6 Å². The number of thioether (sulfide) groups is 1. The van der Waals surface area contributed by atoms with E-state index in [0.717, 1.165) is 5.75 Å². The largest absolute Gasteiger partial charge is 0.480 e. The van der Waals surface area contributed by atoms with E-state index in [1.54, 1.807) is 11.8 Å². The molecule has 0 aromatic carbocycles. The highest BCUT2D eigenvalue weighted by Crippen LogP contribution is 2.19. The van der Waals surface area contributed by atoms with Gasteiger partial charge in [-0.15, -0.1) is 11.8 Å². The topological polar surface area (TPSA) is 66.4 Å². The summed E-state index contributed by atoms with van der Waals surface area (Å²) >= 11 is 1.54. The summed E-state index contributed by atoms with van der Waals surface area (Å²) in [5, 5.41) is 11.0. The lowest BCUT2D eigenvalue weighted by Gasteiger charge is -2.20. The van der Waals surface area contributed by atoms with Crippen molar-refractivity contribution in [2.45, 2.75) is 39.0 Å². The van der Waals surface area contributed by atoms with Gasteiger partial charge in [-0.05, 0) is 18.6 Å². The van der Waals surface area contributed by atoms with Crippen LogP contribution in [0, 0.1) is 5.92 Å². The molecule has 2 unspecified atom stereocenters. The van der Waals surface area contributed by atoms with Crippen molar-refractivity contribution in [3.63, 3.8) is 0 Å². The molecular formula is C10H19NO3S. The highest BCUT2D eigenvalue weighted by atomic mass is 32.2. The normalized spacial score (nSPS) is 14.7. The van der Waals surface area contributed by atoms with E-state index in [4.69, 9.17) is 5.11 Å². The maximum Gasteiger partial charge on any atom is 0.325 e. The standard InChI is InChI=1S/C10H19NO3S/c1-5-15-8(6(2)3)9(12)11-7(4)10(13)14/h6-8H,5H2,1-4H3,(H,11,12)(H,13,14). The molecule has 5 heteroatoms. The minimum atomic E-state index is -1.01. The van der Waals surface area contributed by atoms with Crippen LogP contribution in [0.15, 0.2) is 0 Å². The first-order chi connectivity index (χ1) is 6.90. The summed E-state index contributed by atoms with van der Waals surface area (Å²) < 4.78 is 0. The van der Waals surface area contributed by atoms with E-state index in [2.05, 4.69) is 5.32 Å². The summed E-state index contributed by atoms with van der Waals surface area (Å²) in [5.74, 6) is -0.146. The lowest BCUT2D eigenvalue weighted by atomic mass is 10.1. The van der Waals surface area contributed by atoms with E-state index < -0.39 is 12.0 Å². The Morgan fingerprint density at radius 3 is 2.20 bits per heavy atom. The van der Waals surface area contributed by atoms with Gasteiger partial charge in [0.05, 0.1) is 5.25 Å². The van der Waals surface area contributed by atoms with Gasteiger partial charge in [-0.25, -0.2) is 0 Å². The fraction of sp³-hybridized carbons (Fsp3) is 0.800. The van der Waals surface area contributed by atoms with E-state index in [9.17, 15) is 9.59 Å². The molecule has 1 amide bonds. The molecule has 0 aromatic rings. The number of hydrogen-bond acceptors (Lipinski definition) is 3. The van der Waals surface area contributed by atoms with Crippen LogP contribution in [-0.2, 0) is 9.59 Å². The fourth-order valence-electron chi connectivity index (χ4n) is 1.11. The maximum absolute atomic E-state index is 11.7. The van der Waals surface area contributed by atoms with Crippen LogP contribution in [-0.4, -0.2) is 34.0 Å². The molecule has 0 bridgehead atoms.